The zero-order valence-corrected chi connectivity index (χ0v) is 15.1. The van der Waals surface area contributed by atoms with Crippen LogP contribution in [0.1, 0.15) is 52.4 Å². The highest BCUT2D eigenvalue weighted by atomic mass is 16.3. The molecule has 134 valence electrons. The second-order valence-corrected chi connectivity index (χ2v) is 8.12. The molecule has 0 bridgehead atoms. The van der Waals surface area contributed by atoms with Gasteiger partial charge in [0.1, 0.15) is 0 Å². The van der Waals surface area contributed by atoms with Gasteiger partial charge in [-0.25, -0.2) is 0 Å². The Morgan fingerprint density at radius 2 is 2.00 bits per heavy atom. The van der Waals surface area contributed by atoms with Crippen molar-refractivity contribution in [3.05, 3.63) is 0 Å². The molecular weight excluding hydrogens is 290 g/mol. The van der Waals surface area contributed by atoms with E-state index in [4.69, 9.17) is 5.73 Å². The fourth-order valence-electron chi connectivity index (χ4n) is 4.23. The molecule has 0 aromatic carbocycles. The number of aliphatic hydroxyl groups excluding tert-OH is 1. The minimum Gasteiger partial charge on any atom is -0.392 e. The van der Waals surface area contributed by atoms with Gasteiger partial charge in [-0.1, -0.05) is 12.8 Å². The maximum absolute atomic E-state index is 12.8. The van der Waals surface area contributed by atoms with Crippen molar-refractivity contribution in [3.63, 3.8) is 0 Å². The molecule has 1 amide bonds. The van der Waals surface area contributed by atoms with Crippen LogP contribution in [-0.2, 0) is 4.79 Å². The third kappa shape index (κ3) is 5.16. The average molecular weight is 325 g/mol. The molecule has 5 heteroatoms. The predicted octanol–water partition coefficient (Wildman–Crippen LogP) is 1.45. The van der Waals surface area contributed by atoms with Crippen molar-refractivity contribution in [2.45, 2.75) is 64.0 Å². The lowest BCUT2D eigenvalue weighted by atomic mass is 9.74. The number of β-amino-alcohol motifs (C(OH)–C–C–N with tert-alkyl or cyclic N) is 1. The Morgan fingerprint density at radius 3 is 2.57 bits per heavy atom. The molecule has 1 saturated carbocycles. The number of likely N-dealkylation sites (tertiary alicyclic amines) is 1. The smallest absolute Gasteiger partial charge is 0.227 e. The van der Waals surface area contributed by atoms with Gasteiger partial charge in [-0.15, -0.1) is 0 Å². The van der Waals surface area contributed by atoms with Crippen LogP contribution in [0.5, 0.6) is 0 Å². The van der Waals surface area contributed by atoms with E-state index in [1.54, 1.807) is 0 Å². The Kier molecular flexibility index (Phi) is 6.46. The van der Waals surface area contributed by atoms with Crippen LogP contribution in [0.25, 0.3) is 0 Å². The lowest BCUT2D eigenvalue weighted by molar-refractivity contribution is -0.138. The minimum atomic E-state index is -0.343. The maximum atomic E-state index is 12.8. The minimum absolute atomic E-state index is 0.0171. The molecular formula is C18H35N3O2. The van der Waals surface area contributed by atoms with Gasteiger partial charge in [0.05, 0.1) is 12.0 Å². The lowest BCUT2D eigenvalue weighted by Crippen LogP contribution is -2.53. The fraction of sp³-hybridized carbons (Fsp3) is 0.944. The van der Waals surface area contributed by atoms with E-state index >= 15 is 0 Å². The number of carbonyl (C=O) groups is 1. The Labute approximate surface area is 141 Å². The second kappa shape index (κ2) is 7.95. The number of aliphatic hydroxyl groups is 1. The van der Waals surface area contributed by atoms with Crippen molar-refractivity contribution in [1.82, 2.24) is 9.80 Å². The standard InChI is InChI=1S/C18H35N3O2/c1-14(22)12-21-10-7-15(8-11-21)13-20(3)17(23)16-6-4-5-9-18(16,2)19/h14-16,22H,4-13,19H2,1-3H3. The number of rotatable bonds is 5. The molecule has 23 heavy (non-hydrogen) atoms. The summed E-state index contributed by atoms with van der Waals surface area (Å²) >= 11 is 0. The van der Waals surface area contributed by atoms with E-state index in [1.807, 2.05) is 25.8 Å². The van der Waals surface area contributed by atoms with Gasteiger partial charge in [0.25, 0.3) is 0 Å². The number of hydrogen-bond acceptors (Lipinski definition) is 4. The molecule has 2 rings (SSSR count). The number of nitrogens with zero attached hydrogens (tertiary/aromatic N) is 2. The third-order valence-electron chi connectivity index (χ3n) is 5.69. The highest BCUT2D eigenvalue weighted by Crippen LogP contribution is 2.33. The number of amides is 1. The summed E-state index contributed by atoms with van der Waals surface area (Å²) in [6.07, 6.45) is 6.10. The Hall–Kier alpha value is -0.650. The summed E-state index contributed by atoms with van der Waals surface area (Å²) in [5.74, 6) is 0.791. The van der Waals surface area contributed by atoms with Crippen LogP contribution < -0.4 is 5.73 Å². The van der Waals surface area contributed by atoms with Crippen molar-refractivity contribution in [2.24, 2.45) is 17.6 Å². The van der Waals surface area contributed by atoms with Crippen LogP contribution in [0.15, 0.2) is 0 Å². The number of piperidine rings is 1. The highest BCUT2D eigenvalue weighted by Gasteiger charge is 2.39. The monoisotopic (exact) mass is 325 g/mol. The molecule has 1 saturated heterocycles. The number of hydrogen-bond donors (Lipinski definition) is 2. The number of carbonyl (C=O) groups excluding carboxylic acids is 1. The Balaban J connectivity index is 1.80. The van der Waals surface area contributed by atoms with E-state index in [2.05, 4.69) is 4.90 Å². The molecule has 3 N–H and O–H groups in total. The van der Waals surface area contributed by atoms with Crippen molar-refractivity contribution in [1.29, 1.82) is 0 Å². The Bertz CT molecular complexity index is 390. The topological polar surface area (TPSA) is 69.8 Å². The van der Waals surface area contributed by atoms with E-state index in [-0.39, 0.29) is 23.5 Å². The molecule has 3 unspecified atom stereocenters. The van der Waals surface area contributed by atoms with Gasteiger partial charge < -0.3 is 20.6 Å². The van der Waals surface area contributed by atoms with E-state index in [9.17, 15) is 9.90 Å². The summed E-state index contributed by atoms with van der Waals surface area (Å²) in [5.41, 5.74) is 6.04. The van der Waals surface area contributed by atoms with E-state index in [0.717, 1.165) is 64.7 Å². The summed E-state index contributed by atoms with van der Waals surface area (Å²) < 4.78 is 0. The van der Waals surface area contributed by atoms with E-state index in [1.165, 1.54) is 0 Å². The first-order valence-corrected chi connectivity index (χ1v) is 9.24. The van der Waals surface area contributed by atoms with Gasteiger partial charge in [-0.05, 0) is 58.5 Å². The maximum Gasteiger partial charge on any atom is 0.227 e. The molecule has 3 atom stereocenters. The summed E-state index contributed by atoms with van der Waals surface area (Å²) in [4.78, 5) is 17.0. The van der Waals surface area contributed by atoms with Crippen LogP contribution in [0, 0.1) is 11.8 Å². The second-order valence-electron chi connectivity index (χ2n) is 8.12. The quantitative estimate of drug-likeness (QED) is 0.802. The van der Waals surface area contributed by atoms with Crippen LogP contribution in [0.2, 0.25) is 0 Å². The molecule has 1 aliphatic carbocycles. The van der Waals surface area contributed by atoms with Gasteiger partial charge in [-0.3, -0.25) is 4.79 Å². The normalized spacial score (nSPS) is 31.8. The highest BCUT2D eigenvalue weighted by molar-refractivity contribution is 5.80. The van der Waals surface area contributed by atoms with Gasteiger partial charge in [0, 0.05) is 25.7 Å². The molecule has 2 fully saturated rings. The SMILES string of the molecule is CC(O)CN1CCC(CN(C)C(=O)C2CCCCC2(C)N)CC1. The zero-order valence-electron chi connectivity index (χ0n) is 15.1. The molecule has 0 aromatic heterocycles. The zero-order chi connectivity index (χ0) is 17.0. The first kappa shape index (κ1) is 18.7. The van der Waals surface area contributed by atoms with Crippen molar-refractivity contribution >= 4 is 5.91 Å². The summed E-state index contributed by atoms with van der Waals surface area (Å²) in [7, 11) is 1.94. The largest absolute Gasteiger partial charge is 0.392 e. The average Bonchev–Trinajstić information content (AvgIpc) is 2.47. The molecule has 0 aromatic rings. The van der Waals surface area contributed by atoms with Gasteiger partial charge in [0.15, 0.2) is 0 Å². The fourth-order valence-corrected chi connectivity index (χ4v) is 4.23. The van der Waals surface area contributed by atoms with Crippen LogP contribution in [0.3, 0.4) is 0 Å². The lowest BCUT2D eigenvalue weighted by Gasteiger charge is -2.40. The van der Waals surface area contributed by atoms with Gasteiger partial charge in [-0.2, -0.15) is 0 Å². The van der Waals surface area contributed by atoms with Crippen LogP contribution in [0.4, 0.5) is 0 Å². The number of nitrogens with two attached hydrogens (primary N) is 1. The van der Waals surface area contributed by atoms with Crippen LogP contribution >= 0.6 is 0 Å². The molecule has 2 aliphatic rings. The predicted molar refractivity (Wildman–Crippen MR) is 93.0 cm³/mol. The van der Waals surface area contributed by atoms with Crippen molar-refractivity contribution in [3.8, 4) is 0 Å². The van der Waals surface area contributed by atoms with Gasteiger partial charge in [0.2, 0.25) is 5.91 Å². The summed E-state index contributed by atoms with van der Waals surface area (Å²) in [6, 6.07) is 0. The Morgan fingerprint density at radius 1 is 1.35 bits per heavy atom. The molecule has 1 aliphatic heterocycles. The molecule has 1 heterocycles. The van der Waals surface area contributed by atoms with E-state index < -0.39 is 0 Å². The van der Waals surface area contributed by atoms with Gasteiger partial charge >= 0.3 is 0 Å². The van der Waals surface area contributed by atoms with Crippen molar-refractivity contribution in [2.75, 3.05) is 33.2 Å². The summed E-state index contributed by atoms with van der Waals surface area (Å²) in [5, 5.41) is 9.48. The third-order valence-corrected chi connectivity index (χ3v) is 5.69. The first-order chi connectivity index (χ1) is 10.8. The molecule has 5 nitrogen and oxygen atoms in total. The van der Waals surface area contributed by atoms with Crippen molar-refractivity contribution < 1.29 is 9.90 Å². The molecule has 0 spiro atoms. The molecule has 0 radical (unpaired) electrons. The van der Waals surface area contributed by atoms with E-state index in [0.29, 0.717) is 5.92 Å². The first-order valence-electron chi connectivity index (χ1n) is 9.24. The van der Waals surface area contributed by atoms with Crippen LogP contribution in [-0.4, -0.2) is 65.7 Å². The summed E-state index contributed by atoms with van der Waals surface area (Å²) in [6.45, 7) is 7.53.